The second kappa shape index (κ2) is 5.68. The van der Waals surface area contributed by atoms with E-state index in [0.29, 0.717) is 12.0 Å². The van der Waals surface area contributed by atoms with Crippen LogP contribution in [0.1, 0.15) is 50.5 Å². The van der Waals surface area contributed by atoms with E-state index in [0.717, 1.165) is 48.9 Å². The first-order valence-electron chi connectivity index (χ1n) is 7.52. The van der Waals surface area contributed by atoms with Gasteiger partial charge in [0.25, 0.3) is 0 Å². The molecule has 1 aliphatic heterocycles. The molecular formula is C14H22N4OS. The van der Waals surface area contributed by atoms with Crippen LogP contribution in [0.4, 0.5) is 5.13 Å². The Labute approximate surface area is 123 Å². The number of piperidine rings is 1. The monoisotopic (exact) mass is 294 g/mol. The van der Waals surface area contributed by atoms with Gasteiger partial charge in [0.05, 0.1) is 5.92 Å². The Morgan fingerprint density at radius 1 is 1.35 bits per heavy atom. The number of hydrogen-bond donors (Lipinski definition) is 1. The van der Waals surface area contributed by atoms with Crippen molar-refractivity contribution in [1.29, 1.82) is 0 Å². The number of amides is 1. The van der Waals surface area contributed by atoms with Gasteiger partial charge in [0.15, 0.2) is 0 Å². The van der Waals surface area contributed by atoms with Gasteiger partial charge in [-0.25, -0.2) is 0 Å². The van der Waals surface area contributed by atoms with Crippen molar-refractivity contribution in [3.63, 3.8) is 0 Å². The molecular weight excluding hydrogens is 272 g/mol. The van der Waals surface area contributed by atoms with E-state index in [1.807, 2.05) is 0 Å². The van der Waals surface area contributed by atoms with Crippen LogP contribution in [0.15, 0.2) is 0 Å². The number of anilines is 1. The number of rotatable bonds is 4. The molecule has 1 atom stereocenters. The van der Waals surface area contributed by atoms with Gasteiger partial charge in [-0.3, -0.25) is 4.79 Å². The van der Waals surface area contributed by atoms with Crippen molar-refractivity contribution in [1.82, 2.24) is 15.5 Å². The number of carbonyl (C=O) groups excluding carboxylic acids is 1. The molecule has 1 saturated heterocycles. The SMILES string of the molecule is CC(C)c1nnc(N2CCCC(C(=O)NC3CC3)C2)s1. The van der Waals surface area contributed by atoms with Crippen molar-refractivity contribution in [2.45, 2.75) is 51.5 Å². The standard InChI is InChI=1S/C14H22N4OS/c1-9(2)13-16-17-14(20-13)18-7-3-4-10(8-18)12(19)15-11-5-6-11/h9-11H,3-8H2,1-2H3,(H,15,19). The summed E-state index contributed by atoms with van der Waals surface area (Å²) in [6.07, 6.45) is 4.34. The van der Waals surface area contributed by atoms with Gasteiger partial charge in [-0.1, -0.05) is 25.2 Å². The van der Waals surface area contributed by atoms with Gasteiger partial charge in [-0.05, 0) is 25.7 Å². The minimum absolute atomic E-state index is 0.107. The predicted molar refractivity (Wildman–Crippen MR) is 80.1 cm³/mol. The Kier molecular flexibility index (Phi) is 3.92. The quantitative estimate of drug-likeness (QED) is 0.924. The van der Waals surface area contributed by atoms with Crippen LogP contribution in [-0.2, 0) is 4.79 Å². The third-order valence-corrected chi connectivity index (χ3v) is 5.19. The Bertz CT molecular complexity index is 483. The lowest BCUT2D eigenvalue weighted by atomic mass is 9.97. The third kappa shape index (κ3) is 3.11. The maximum absolute atomic E-state index is 12.2. The summed E-state index contributed by atoms with van der Waals surface area (Å²) < 4.78 is 0. The zero-order valence-electron chi connectivity index (χ0n) is 12.1. The van der Waals surface area contributed by atoms with Crippen molar-refractivity contribution in [3.8, 4) is 0 Å². The van der Waals surface area contributed by atoms with Crippen LogP contribution in [0.5, 0.6) is 0 Å². The largest absolute Gasteiger partial charge is 0.353 e. The molecule has 3 rings (SSSR count). The van der Waals surface area contributed by atoms with Crippen LogP contribution in [0.25, 0.3) is 0 Å². The highest BCUT2D eigenvalue weighted by Gasteiger charge is 2.31. The van der Waals surface area contributed by atoms with Crippen LogP contribution < -0.4 is 10.2 Å². The maximum atomic E-state index is 12.2. The van der Waals surface area contributed by atoms with Gasteiger partial charge >= 0.3 is 0 Å². The fourth-order valence-electron chi connectivity index (χ4n) is 2.50. The van der Waals surface area contributed by atoms with Gasteiger partial charge in [0.1, 0.15) is 5.01 Å². The first kappa shape index (κ1) is 13.8. The van der Waals surface area contributed by atoms with Crippen LogP contribution in [-0.4, -0.2) is 35.2 Å². The van der Waals surface area contributed by atoms with Gasteiger partial charge in [0, 0.05) is 25.0 Å². The van der Waals surface area contributed by atoms with Crippen molar-refractivity contribution in [2.24, 2.45) is 5.92 Å². The second-order valence-electron chi connectivity index (χ2n) is 6.15. The minimum atomic E-state index is 0.107. The molecule has 2 heterocycles. The number of nitrogens with zero attached hydrogens (tertiary/aromatic N) is 3. The zero-order chi connectivity index (χ0) is 14.1. The number of nitrogens with one attached hydrogen (secondary N) is 1. The van der Waals surface area contributed by atoms with Crippen molar-refractivity contribution < 1.29 is 4.79 Å². The summed E-state index contributed by atoms with van der Waals surface area (Å²) in [6.45, 7) is 6.03. The van der Waals surface area contributed by atoms with Gasteiger partial charge in [-0.15, -0.1) is 10.2 Å². The predicted octanol–water partition coefficient (Wildman–Crippen LogP) is 2.16. The summed E-state index contributed by atoms with van der Waals surface area (Å²) in [5.41, 5.74) is 0. The molecule has 1 aromatic heterocycles. The number of hydrogen-bond acceptors (Lipinski definition) is 5. The average Bonchev–Trinajstić information content (AvgIpc) is 3.11. The summed E-state index contributed by atoms with van der Waals surface area (Å²) in [6, 6.07) is 0.451. The molecule has 1 amide bonds. The third-order valence-electron chi connectivity index (χ3n) is 3.91. The van der Waals surface area contributed by atoms with E-state index < -0.39 is 0 Å². The summed E-state index contributed by atoms with van der Waals surface area (Å²) in [4.78, 5) is 14.4. The molecule has 2 fully saturated rings. The summed E-state index contributed by atoms with van der Waals surface area (Å²) >= 11 is 1.66. The van der Waals surface area contributed by atoms with Crippen molar-refractivity contribution in [2.75, 3.05) is 18.0 Å². The molecule has 0 aromatic carbocycles. The molecule has 1 N–H and O–H groups in total. The molecule has 1 aliphatic carbocycles. The molecule has 1 unspecified atom stereocenters. The van der Waals surface area contributed by atoms with Crippen LogP contribution in [0, 0.1) is 5.92 Å². The molecule has 6 heteroatoms. The van der Waals surface area contributed by atoms with E-state index in [-0.39, 0.29) is 11.8 Å². The van der Waals surface area contributed by atoms with Gasteiger partial charge in [-0.2, -0.15) is 0 Å². The Morgan fingerprint density at radius 3 is 2.80 bits per heavy atom. The normalized spacial score (nSPS) is 23.1. The zero-order valence-corrected chi connectivity index (χ0v) is 12.9. The molecule has 20 heavy (non-hydrogen) atoms. The van der Waals surface area contributed by atoms with E-state index in [1.54, 1.807) is 11.3 Å². The Morgan fingerprint density at radius 2 is 2.15 bits per heavy atom. The highest BCUT2D eigenvalue weighted by molar-refractivity contribution is 7.15. The smallest absolute Gasteiger partial charge is 0.225 e. The minimum Gasteiger partial charge on any atom is -0.353 e. The fraction of sp³-hybridized carbons (Fsp3) is 0.786. The summed E-state index contributed by atoms with van der Waals surface area (Å²) in [7, 11) is 0. The van der Waals surface area contributed by atoms with Crippen molar-refractivity contribution in [3.05, 3.63) is 5.01 Å². The number of aromatic nitrogens is 2. The highest BCUT2D eigenvalue weighted by Crippen LogP contribution is 2.29. The first-order valence-corrected chi connectivity index (χ1v) is 8.34. The molecule has 0 bridgehead atoms. The summed E-state index contributed by atoms with van der Waals surface area (Å²) in [5, 5.41) is 13.7. The van der Waals surface area contributed by atoms with Gasteiger partial charge in [0.2, 0.25) is 11.0 Å². The van der Waals surface area contributed by atoms with Crippen LogP contribution in [0.2, 0.25) is 0 Å². The Hall–Kier alpha value is -1.17. The van der Waals surface area contributed by atoms with Gasteiger partial charge < -0.3 is 10.2 Å². The van der Waals surface area contributed by atoms with Crippen LogP contribution >= 0.6 is 11.3 Å². The van der Waals surface area contributed by atoms with E-state index in [1.165, 1.54) is 0 Å². The molecule has 1 aromatic rings. The summed E-state index contributed by atoms with van der Waals surface area (Å²) in [5.74, 6) is 0.751. The fourth-order valence-corrected chi connectivity index (χ4v) is 3.38. The van der Waals surface area contributed by atoms with E-state index in [9.17, 15) is 4.79 Å². The van der Waals surface area contributed by atoms with Crippen LogP contribution in [0.3, 0.4) is 0 Å². The number of carbonyl (C=O) groups is 1. The van der Waals surface area contributed by atoms with E-state index in [4.69, 9.17) is 0 Å². The molecule has 0 spiro atoms. The first-order chi connectivity index (χ1) is 9.63. The van der Waals surface area contributed by atoms with Crippen molar-refractivity contribution >= 4 is 22.4 Å². The maximum Gasteiger partial charge on any atom is 0.225 e. The lowest BCUT2D eigenvalue weighted by molar-refractivity contribution is -0.125. The average molecular weight is 294 g/mol. The highest BCUT2D eigenvalue weighted by atomic mass is 32.1. The molecule has 1 saturated carbocycles. The molecule has 5 nitrogen and oxygen atoms in total. The topological polar surface area (TPSA) is 58.1 Å². The molecule has 0 radical (unpaired) electrons. The van der Waals surface area contributed by atoms with E-state index in [2.05, 4.69) is 34.3 Å². The van der Waals surface area contributed by atoms with E-state index >= 15 is 0 Å². The lowest BCUT2D eigenvalue weighted by Gasteiger charge is -2.31. The molecule has 2 aliphatic rings. The second-order valence-corrected chi connectivity index (χ2v) is 7.13. The molecule has 110 valence electrons. The Balaban J connectivity index is 1.62. The lowest BCUT2D eigenvalue weighted by Crippen LogP contribution is -2.43.